The van der Waals surface area contributed by atoms with Crippen molar-refractivity contribution in [2.45, 2.75) is 58.5 Å². The van der Waals surface area contributed by atoms with Gasteiger partial charge in [0, 0.05) is 19.6 Å². The second-order valence-corrected chi connectivity index (χ2v) is 8.82. The van der Waals surface area contributed by atoms with E-state index in [4.69, 9.17) is 4.74 Å². The molecule has 1 rings (SSSR count). The molecule has 0 aliphatic heterocycles. The fourth-order valence-electron chi connectivity index (χ4n) is 2.15. The standard InChI is InChI=1S/C18H30N2O4S/c1-7-20(17(21)24-18(4,5)6)12-8-11-19-25(22,23)16-10-9-14(2)15(3)13-16/h9-10,13,19H,7-8,11-12H2,1-6H3. The SMILES string of the molecule is CCN(CCCNS(=O)(=O)c1ccc(C)c(C)c1)C(=O)OC(C)(C)C. The van der Waals surface area contributed by atoms with Gasteiger partial charge < -0.3 is 9.64 Å². The molecule has 142 valence electrons. The molecule has 0 aliphatic rings. The highest BCUT2D eigenvalue weighted by atomic mass is 32.2. The normalized spacial score (nSPS) is 12.1. The van der Waals surface area contributed by atoms with Crippen molar-refractivity contribution in [1.82, 2.24) is 9.62 Å². The highest BCUT2D eigenvalue weighted by Gasteiger charge is 2.21. The molecule has 0 radical (unpaired) electrons. The van der Waals surface area contributed by atoms with E-state index in [1.165, 1.54) is 0 Å². The van der Waals surface area contributed by atoms with Crippen molar-refractivity contribution < 1.29 is 17.9 Å². The number of carbonyl (C=O) groups is 1. The predicted molar refractivity (Wildman–Crippen MR) is 99.2 cm³/mol. The first-order chi connectivity index (χ1) is 11.5. The Labute approximate surface area is 151 Å². The van der Waals surface area contributed by atoms with Crippen LogP contribution in [0.1, 0.15) is 45.2 Å². The molecule has 0 saturated heterocycles. The maximum atomic E-state index is 12.3. The molecule has 0 heterocycles. The topological polar surface area (TPSA) is 75.7 Å². The molecule has 1 aromatic carbocycles. The van der Waals surface area contributed by atoms with Crippen LogP contribution in [0.15, 0.2) is 23.1 Å². The number of aryl methyl sites for hydroxylation is 2. The Morgan fingerprint density at radius 3 is 2.36 bits per heavy atom. The first-order valence-corrected chi connectivity index (χ1v) is 9.99. The zero-order chi connectivity index (χ0) is 19.3. The third-order valence-corrected chi connectivity index (χ3v) is 5.18. The van der Waals surface area contributed by atoms with E-state index < -0.39 is 15.6 Å². The highest BCUT2D eigenvalue weighted by molar-refractivity contribution is 7.89. The van der Waals surface area contributed by atoms with Crippen LogP contribution in [0.5, 0.6) is 0 Å². The third-order valence-electron chi connectivity index (χ3n) is 3.72. The largest absolute Gasteiger partial charge is 0.444 e. The predicted octanol–water partition coefficient (Wildman–Crippen LogP) is 3.23. The Morgan fingerprint density at radius 1 is 1.20 bits per heavy atom. The number of carbonyl (C=O) groups excluding carboxylic acids is 1. The van der Waals surface area contributed by atoms with Crippen molar-refractivity contribution >= 4 is 16.1 Å². The lowest BCUT2D eigenvalue weighted by molar-refractivity contribution is 0.0259. The molecule has 0 bridgehead atoms. The summed E-state index contributed by atoms with van der Waals surface area (Å²) in [6, 6.07) is 5.06. The lowest BCUT2D eigenvalue weighted by Gasteiger charge is -2.26. The smallest absolute Gasteiger partial charge is 0.410 e. The van der Waals surface area contributed by atoms with Gasteiger partial charge in [-0.05, 0) is 71.2 Å². The molecule has 0 aliphatic carbocycles. The number of ether oxygens (including phenoxy) is 1. The lowest BCUT2D eigenvalue weighted by Crippen LogP contribution is -2.38. The summed E-state index contributed by atoms with van der Waals surface area (Å²) in [5.41, 5.74) is 1.44. The third kappa shape index (κ3) is 7.04. The summed E-state index contributed by atoms with van der Waals surface area (Å²) in [6.07, 6.45) is 0.129. The van der Waals surface area contributed by atoms with Crippen LogP contribution in [0.3, 0.4) is 0 Å². The number of hydrogen-bond donors (Lipinski definition) is 1. The van der Waals surface area contributed by atoms with Crippen LogP contribution in [-0.2, 0) is 14.8 Å². The first-order valence-electron chi connectivity index (χ1n) is 8.51. The zero-order valence-corrected chi connectivity index (χ0v) is 16.9. The summed E-state index contributed by atoms with van der Waals surface area (Å²) in [4.78, 5) is 13.9. The van der Waals surface area contributed by atoms with Crippen LogP contribution >= 0.6 is 0 Å². The van der Waals surface area contributed by atoms with Crippen molar-refractivity contribution in [1.29, 1.82) is 0 Å². The minimum atomic E-state index is -3.54. The number of nitrogens with one attached hydrogen (secondary N) is 1. The van der Waals surface area contributed by atoms with Gasteiger partial charge in [-0.2, -0.15) is 0 Å². The molecule has 1 N–H and O–H groups in total. The maximum Gasteiger partial charge on any atom is 0.410 e. The zero-order valence-electron chi connectivity index (χ0n) is 16.0. The molecule has 0 aromatic heterocycles. The summed E-state index contributed by atoms with van der Waals surface area (Å²) in [5, 5.41) is 0. The first kappa shape index (κ1) is 21.4. The number of nitrogens with zero attached hydrogens (tertiary/aromatic N) is 1. The molecule has 0 atom stereocenters. The molecule has 0 fully saturated rings. The van der Waals surface area contributed by atoms with E-state index in [0.29, 0.717) is 19.5 Å². The van der Waals surface area contributed by atoms with Gasteiger partial charge in [0.1, 0.15) is 5.60 Å². The maximum absolute atomic E-state index is 12.3. The number of benzene rings is 1. The second kappa shape index (κ2) is 8.67. The molecule has 1 amide bonds. The van der Waals surface area contributed by atoms with Gasteiger partial charge in [-0.3, -0.25) is 0 Å². The summed E-state index contributed by atoms with van der Waals surface area (Å²) in [5.74, 6) is 0. The Bertz CT molecular complexity index is 694. The summed E-state index contributed by atoms with van der Waals surface area (Å²) in [6.45, 7) is 12.3. The number of rotatable bonds is 7. The van der Waals surface area contributed by atoms with E-state index in [9.17, 15) is 13.2 Å². The van der Waals surface area contributed by atoms with Crippen molar-refractivity contribution in [3.05, 3.63) is 29.3 Å². The molecule has 0 saturated carbocycles. The summed E-state index contributed by atoms with van der Waals surface area (Å²) < 4.78 is 32.5. The average Bonchev–Trinajstić information content (AvgIpc) is 2.48. The van der Waals surface area contributed by atoms with Gasteiger partial charge >= 0.3 is 6.09 Å². The van der Waals surface area contributed by atoms with Crippen LogP contribution in [0.4, 0.5) is 4.79 Å². The van der Waals surface area contributed by atoms with Gasteiger partial charge in [-0.15, -0.1) is 0 Å². The van der Waals surface area contributed by atoms with Gasteiger partial charge in [0.2, 0.25) is 10.0 Å². The molecule has 0 spiro atoms. The van der Waals surface area contributed by atoms with Gasteiger partial charge in [-0.25, -0.2) is 17.9 Å². The Balaban J connectivity index is 2.55. The van der Waals surface area contributed by atoms with Crippen molar-refractivity contribution in [2.24, 2.45) is 0 Å². The monoisotopic (exact) mass is 370 g/mol. The average molecular weight is 371 g/mol. The van der Waals surface area contributed by atoms with E-state index in [1.54, 1.807) is 23.1 Å². The second-order valence-electron chi connectivity index (χ2n) is 7.06. The van der Waals surface area contributed by atoms with E-state index in [2.05, 4.69) is 4.72 Å². The van der Waals surface area contributed by atoms with E-state index in [1.807, 2.05) is 41.5 Å². The fraction of sp³-hybridized carbons (Fsp3) is 0.611. The molecule has 0 unspecified atom stereocenters. The molecule has 25 heavy (non-hydrogen) atoms. The van der Waals surface area contributed by atoms with Crippen molar-refractivity contribution in [3.8, 4) is 0 Å². The molecule has 6 nitrogen and oxygen atoms in total. The van der Waals surface area contributed by atoms with E-state index in [0.717, 1.165) is 11.1 Å². The quantitative estimate of drug-likeness (QED) is 0.748. The van der Waals surface area contributed by atoms with E-state index >= 15 is 0 Å². The number of amides is 1. The lowest BCUT2D eigenvalue weighted by atomic mass is 10.1. The molecular weight excluding hydrogens is 340 g/mol. The van der Waals surface area contributed by atoms with Crippen LogP contribution in [-0.4, -0.2) is 44.6 Å². The van der Waals surface area contributed by atoms with Crippen LogP contribution in [0.2, 0.25) is 0 Å². The molecule has 7 heteroatoms. The summed E-state index contributed by atoms with van der Waals surface area (Å²) >= 11 is 0. The van der Waals surface area contributed by atoms with Crippen molar-refractivity contribution in [2.75, 3.05) is 19.6 Å². The van der Waals surface area contributed by atoms with Crippen LogP contribution in [0.25, 0.3) is 0 Å². The van der Waals surface area contributed by atoms with E-state index in [-0.39, 0.29) is 17.5 Å². The van der Waals surface area contributed by atoms with Gasteiger partial charge in [0.25, 0.3) is 0 Å². The van der Waals surface area contributed by atoms with Crippen molar-refractivity contribution in [3.63, 3.8) is 0 Å². The highest BCUT2D eigenvalue weighted by Crippen LogP contribution is 2.14. The fourth-order valence-corrected chi connectivity index (χ4v) is 3.30. The number of hydrogen-bond acceptors (Lipinski definition) is 4. The van der Waals surface area contributed by atoms with Crippen LogP contribution in [0, 0.1) is 13.8 Å². The van der Waals surface area contributed by atoms with Gasteiger partial charge in [-0.1, -0.05) is 6.07 Å². The Hall–Kier alpha value is -1.60. The number of sulfonamides is 1. The molecular formula is C18H30N2O4S. The van der Waals surface area contributed by atoms with Crippen LogP contribution < -0.4 is 4.72 Å². The summed E-state index contributed by atoms with van der Waals surface area (Å²) in [7, 11) is -3.54. The Morgan fingerprint density at radius 2 is 1.84 bits per heavy atom. The van der Waals surface area contributed by atoms with Gasteiger partial charge in [0.05, 0.1) is 4.90 Å². The minimum Gasteiger partial charge on any atom is -0.444 e. The van der Waals surface area contributed by atoms with Gasteiger partial charge in [0.15, 0.2) is 0 Å². The minimum absolute atomic E-state index is 0.258. The Kier molecular flexibility index (Phi) is 7.44. The molecule has 1 aromatic rings.